The maximum atomic E-state index is 8.71. The second kappa shape index (κ2) is 4.85. The summed E-state index contributed by atoms with van der Waals surface area (Å²) in [5.41, 5.74) is 0.185. The van der Waals surface area contributed by atoms with Crippen molar-refractivity contribution in [3.8, 4) is 12.1 Å². The summed E-state index contributed by atoms with van der Waals surface area (Å²) in [4.78, 5) is 8.09. The summed E-state index contributed by atoms with van der Waals surface area (Å²) in [7, 11) is 0. The fraction of sp³-hybridized carbons (Fsp3) is 0.250. The Balaban J connectivity index is 3.39. The van der Waals surface area contributed by atoms with Crippen LogP contribution in [-0.4, -0.2) is 22.5 Å². The van der Waals surface area contributed by atoms with Crippen molar-refractivity contribution in [3.63, 3.8) is 0 Å². The Labute approximate surface area is 90.4 Å². The van der Waals surface area contributed by atoms with Gasteiger partial charge in [0.05, 0.1) is 0 Å². The predicted molar refractivity (Wildman–Crippen MR) is 55.0 cm³/mol. The lowest BCUT2D eigenvalue weighted by atomic mass is 10.3. The minimum Gasteiger partial charge on any atom is -0.225 e. The SMILES string of the molecule is CSc1nc(C#N)c(C#N)nc1SC. The van der Waals surface area contributed by atoms with E-state index >= 15 is 0 Å². The molecule has 70 valence electrons. The molecule has 0 unspecified atom stereocenters. The van der Waals surface area contributed by atoms with E-state index in [1.807, 2.05) is 24.6 Å². The highest BCUT2D eigenvalue weighted by Gasteiger charge is 2.11. The van der Waals surface area contributed by atoms with E-state index in [1.165, 1.54) is 23.5 Å². The van der Waals surface area contributed by atoms with E-state index in [0.29, 0.717) is 10.1 Å². The highest BCUT2D eigenvalue weighted by molar-refractivity contribution is 8.01. The number of hydrogen-bond donors (Lipinski definition) is 0. The van der Waals surface area contributed by atoms with Gasteiger partial charge in [0, 0.05) is 0 Å². The predicted octanol–water partition coefficient (Wildman–Crippen LogP) is 1.66. The zero-order chi connectivity index (χ0) is 10.6. The van der Waals surface area contributed by atoms with Gasteiger partial charge in [-0.2, -0.15) is 10.5 Å². The third kappa shape index (κ3) is 1.98. The van der Waals surface area contributed by atoms with Crippen LogP contribution in [0.4, 0.5) is 0 Å². The van der Waals surface area contributed by atoms with E-state index in [1.54, 1.807) is 0 Å². The summed E-state index contributed by atoms with van der Waals surface area (Å²) in [5, 5.41) is 18.8. The zero-order valence-corrected chi connectivity index (χ0v) is 9.24. The van der Waals surface area contributed by atoms with Crippen molar-refractivity contribution in [2.24, 2.45) is 0 Å². The van der Waals surface area contributed by atoms with Gasteiger partial charge in [-0.1, -0.05) is 0 Å². The summed E-state index contributed by atoms with van der Waals surface area (Å²) in [6, 6.07) is 3.71. The lowest BCUT2D eigenvalue weighted by Gasteiger charge is -2.03. The Bertz CT molecular complexity index is 389. The molecule has 0 aliphatic heterocycles. The lowest BCUT2D eigenvalue weighted by Crippen LogP contribution is -1.98. The van der Waals surface area contributed by atoms with Crippen molar-refractivity contribution in [2.75, 3.05) is 12.5 Å². The average molecular weight is 222 g/mol. The topological polar surface area (TPSA) is 73.4 Å². The van der Waals surface area contributed by atoms with Gasteiger partial charge in [-0.25, -0.2) is 9.97 Å². The molecule has 0 saturated carbocycles. The van der Waals surface area contributed by atoms with Crippen LogP contribution < -0.4 is 0 Å². The first-order chi connectivity index (χ1) is 6.76. The highest BCUT2D eigenvalue weighted by atomic mass is 32.2. The molecule has 14 heavy (non-hydrogen) atoms. The van der Waals surface area contributed by atoms with Crippen LogP contribution in [-0.2, 0) is 0 Å². The van der Waals surface area contributed by atoms with Crippen LogP contribution in [0.5, 0.6) is 0 Å². The van der Waals surface area contributed by atoms with Crippen LogP contribution in [0.3, 0.4) is 0 Å². The van der Waals surface area contributed by atoms with Gasteiger partial charge in [0.1, 0.15) is 22.2 Å². The molecule has 0 aliphatic rings. The van der Waals surface area contributed by atoms with Crippen molar-refractivity contribution < 1.29 is 0 Å². The second-order valence-electron chi connectivity index (χ2n) is 2.16. The monoisotopic (exact) mass is 222 g/mol. The molecule has 0 saturated heterocycles. The van der Waals surface area contributed by atoms with E-state index in [0.717, 1.165) is 0 Å². The fourth-order valence-electron chi connectivity index (χ4n) is 0.826. The molecule has 1 aromatic rings. The molecular formula is C8H6N4S2. The summed E-state index contributed by atoms with van der Waals surface area (Å²) < 4.78 is 0. The molecule has 0 aromatic carbocycles. The molecule has 6 heteroatoms. The van der Waals surface area contributed by atoms with E-state index < -0.39 is 0 Å². The third-order valence-corrected chi connectivity index (χ3v) is 2.90. The quantitative estimate of drug-likeness (QED) is 0.708. The molecule has 0 bridgehead atoms. The summed E-state index contributed by atoms with van der Waals surface area (Å²) >= 11 is 2.83. The molecule has 0 spiro atoms. The van der Waals surface area contributed by atoms with Gasteiger partial charge in [-0.05, 0) is 12.5 Å². The van der Waals surface area contributed by atoms with Gasteiger partial charge in [-0.3, -0.25) is 0 Å². The van der Waals surface area contributed by atoms with E-state index in [-0.39, 0.29) is 11.4 Å². The van der Waals surface area contributed by atoms with Crippen molar-refractivity contribution in [3.05, 3.63) is 11.4 Å². The van der Waals surface area contributed by atoms with Gasteiger partial charge in [0.15, 0.2) is 11.4 Å². The van der Waals surface area contributed by atoms with Gasteiger partial charge in [0.2, 0.25) is 0 Å². The summed E-state index contributed by atoms with van der Waals surface area (Å²) in [5.74, 6) is 0. The zero-order valence-electron chi connectivity index (χ0n) is 7.61. The number of hydrogen-bond acceptors (Lipinski definition) is 6. The number of nitriles is 2. The number of rotatable bonds is 2. The minimum absolute atomic E-state index is 0.0923. The van der Waals surface area contributed by atoms with Gasteiger partial charge >= 0.3 is 0 Å². The largest absolute Gasteiger partial charge is 0.225 e. The first-order valence-corrected chi connectivity index (χ1v) is 6.02. The Kier molecular flexibility index (Phi) is 3.75. The molecule has 0 aliphatic carbocycles. The molecule has 0 fully saturated rings. The molecule has 0 radical (unpaired) electrons. The van der Waals surface area contributed by atoms with Crippen molar-refractivity contribution in [1.82, 2.24) is 9.97 Å². The average Bonchev–Trinajstić information content (AvgIpc) is 2.26. The third-order valence-electron chi connectivity index (χ3n) is 1.43. The van der Waals surface area contributed by atoms with Crippen LogP contribution in [0.1, 0.15) is 11.4 Å². The van der Waals surface area contributed by atoms with Crippen molar-refractivity contribution in [1.29, 1.82) is 10.5 Å². The highest BCUT2D eigenvalue weighted by Crippen LogP contribution is 2.24. The minimum atomic E-state index is 0.0923. The van der Waals surface area contributed by atoms with Gasteiger partial charge in [-0.15, -0.1) is 23.5 Å². The van der Waals surface area contributed by atoms with Gasteiger partial charge in [0.25, 0.3) is 0 Å². The van der Waals surface area contributed by atoms with Crippen molar-refractivity contribution >= 4 is 23.5 Å². The number of aromatic nitrogens is 2. The summed E-state index contributed by atoms with van der Waals surface area (Å²) in [6.45, 7) is 0. The Morgan fingerprint density at radius 1 is 0.929 bits per heavy atom. The molecule has 0 atom stereocenters. The van der Waals surface area contributed by atoms with Crippen LogP contribution in [0.15, 0.2) is 10.1 Å². The maximum absolute atomic E-state index is 8.71. The van der Waals surface area contributed by atoms with Crippen LogP contribution >= 0.6 is 23.5 Å². The smallest absolute Gasteiger partial charge is 0.178 e. The van der Waals surface area contributed by atoms with E-state index in [9.17, 15) is 0 Å². The van der Waals surface area contributed by atoms with Crippen LogP contribution in [0, 0.1) is 22.7 Å². The number of nitrogens with zero attached hydrogens (tertiary/aromatic N) is 4. The second-order valence-corrected chi connectivity index (χ2v) is 3.75. The van der Waals surface area contributed by atoms with Gasteiger partial charge < -0.3 is 0 Å². The Morgan fingerprint density at radius 3 is 1.50 bits per heavy atom. The first-order valence-electron chi connectivity index (χ1n) is 3.57. The first kappa shape index (κ1) is 10.8. The fourth-order valence-corrected chi connectivity index (χ4v) is 2.13. The molecule has 1 rings (SSSR count). The van der Waals surface area contributed by atoms with Crippen molar-refractivity contribution in [2.45, 2.75) is 10.1 Å². The molecule has 0 amide bonds. The normalized spacial score (nSPS) is 9.14. The van der Waals surface area contributed by atoms with Crippen LogP contribution in [0.25, 0.3) is 0 Å². The standard InChI is InChI=1S/C8H6N4S2/c1-13-7-8(14-2)12-6(4-10)5(3-9)11-7/h1-2H3. The van der Waals surface area contributed by atoms with E-state index in [2.05, 4.69) is 9.97 Å². The van der Waals surface area contributed by atoms with Crippen LogP contribution in [0.2, 0.25) is 0 Å². The molecular weight excluding hydrogens is 216 g/mol. The Hall–Kier alpha value is -1.24. The molecule has 1 aromatic heterocycles. The molecule has 4 nitrogen and oxygen atoms in total. The van der Waals surface area contributed by atoms with E-state index in [4.69, 9.17) is 10.5 Å². The number of thioether (sulfide) groups is 2. The summed E-state index contributed by atoms with van der Waals surface area (Å²) in [6.07, 6.45) is 3.72. The lowest BCUT2D eigenvalue weighted by molar-refractivity contribution is 0.896. The molecule has 1 heterocycles. The Morgan fingerprint density at radius 2 is 1.29 bits per heavy atom. The maximum Gasteiger partial charge on any atom is 0.178 e. The molecule has 0 N–H and O–H groups in total.